The first-order valence-electron chi connectivity index (χ1n) is 9.74. The van der Waals surface area contributed by atoms with Gasteiger partial charge in [-0.2, -0.15) is 4.31 Å². The van der Waals surface area contributed by atoms with E-state index in [4.69, 9.17) is 11.6 Å². The number of sulfonamides is 1. The minimum Gasteiger partial charge on any atom is -0.504 e. The van der Waals surface area contributed by atoms with Gasteiger partial charge in [0.2, 0.25) is 10.0 Å². The molecule has 2 aromatic carbocycles. The van der Waals surface area contributed by atoms with E-state index in [9.17, 15) is 18.3 Å². The number of phenolic OH excluding ortho intramolecular Hbond substituents is 1. The molecule has 0 radical (unpaired) electrons. The molecule has 2 aliphatic rings. The number of piperazine rings is 1. The molecule has 2 amide bonds. The van der Waals surface area contributed by atoms with Crippen LogP contribution >= 0.6 is 11.6 Å². The van der Waals surface area contributed by atoms with Gasteiger partial charge in [0, 0.05) is 30.9 Å². The molecule has 8 nitrogen and oxygen atoms in total. The number of aromatic hydroxyl groups is 1. The average molecular weight is 451 g/mol. The quantitative estimate of drug-likeness (QED) is 0.523. The summed E-state index contributed by atoms with van der Waals surface area (Å²) in [7, 11) is -4.02. The number of hydrogen-bond acceptors (Lipinski definition) is 5. The topological polar surface area (TPSA) is 111 Å². The Labute approximate surface area is 180 Å². The molecule has 2 bridgehead atoms. The van der Waals surface area contributed by atoms with Gasteiger partial charge in [-0.05, 0) is 36.6 Å². The first kappa shape index (κ1) is 20.9. The largest absolute Gasteiger partial charge is 0.504 e. The van der Waals surface area contributed by atoms with Gasteiger partial charge in [0.05, 0.1) is 10.7 Å². The van der Waals surface area contributed by atoms with Crippen molar-refractivity contribution in [2.24, 2.45) is 0 Å². The van der Waals surface area contributed by atoms with E-state index in [1.165, 1.54) is 16.4 Å². The summed E-state index contributed by atoms with van der Waals surface area (Å²) < 4.78 is 27.8. The number of carbonyl (C=O) groups is 1. The molecule has 2 aliphatic heterocycles. The predicted octanol–water partition coefficient (Wildman–Crippen LogP) is 2.99. The third kappa shape index (κ3) is 3.74. The van der Waals surface area contributed by atoms with E-state index < -0.39 is 21.8 Å². The maximum Gasteiger partial charge on any atom is 0.323 e. The number of benzene rings is 2. The van der Waals surface area contributed by atoms with Gasteiger partial charge in [-0.15, -0.1) is 0 Å². The van der Waals surface area contributed by atoms with Gasteiger partial charge >= 0.3 is 6.03 Å². The van der Waals surface area contributed by atoms with E-state index >= 15 is 0 Å². The number of nitrogens with zero attached hydrogens (tertiary/aromatic N) is 1. The van der Waals surface area contributed by atoms with Crippen LogP contribution in [0.5, 0.6) is 5.75 Å². The lowest BCUT2D eigenvalue weighted by Gasteiger charge is -2.27. The van der Waals surface area contributed by atoms with Crippen LogP contribution in [-0.2, 0) is 16.4 Å². The number of hydrogen-bond donors (Lipinski definition) is 4. The van der Waals surface area contributed by atoms with Crippen molar-refractivity contribution >= 4 is 39.0 Å². The summed E-state index contributed by atoms with van der Waals surface area (Å²) in [5, 5.41) is 19.1. The average Bonchev–Trinajstić information content (AvgIpc) is 3.34. The molecule has 2 aromatic rings. The van der Waals surface area contributed by atoms with Gasteiger partial charge in [-0.25, -0.2) is 13.2 Å². The molecule has 2 atom stereocenters. The number of carbonyl (C=O) groups excluding carboxylic acids is 1. The minimum atomic E-state index is -4.02. The second-order valence-corrected chi connectivity index (χ2v) is 9.67. The summed E-state index contributed by atoms with van der Waals surface area (Å²) >= 11 is 6.16. The highest BCUT2D eigenvalue weighted by atomic mass is 35.5. The first-order valence-corrected chi connectivity index (χ1v) is 11.6. The number of rotatable bonds is 5. The smallest absolute Gasteiger partial charge is 0.323 e. The number of halogens is 1. The summed E-state index contributed by atoms with van der Waals surface area (Å²) in [4.78, 5) is 12.1. The number of nitrogens with one attached hydrogen (secondary N) is 3. The molecule has 4 N–H and O–H groups in total. The summed E-state index contributed by atoms with van der Waals surface area (Å²) in [6, 6.07) is 9.43. The fraction of sp³-hybridized carbons (Fsp3) is 0.350. The molecule has 160 valence electrons. The molecule has 0 saturated carbocycles. The molecule has 2 saturated heterocycles. The zero-order chi connectivity index (χ0) is 21.5. The predicted molar refractivity (Wildman–Crippen MR) is 116 cm³/mol. The molecule has 0 spiro atoms. The van der Waals surface area contributed by atoms with Crippen LogP contribution in [0.15, 0.2) is 41.3 Å². The van der Waals surface area contributed by atoms with Crippen LogP contribution < -0.4 is 16.0 Å². The van der Waals surface area contributed by atoms with Gasteiger partial charge in [0.15, 0.2) is 5.75 Å². The number of phenols is 1. The third-order valence-electron chi connectivity index (χ3n) is 5.55. The van der Waals surface area contributed by atoms with Gasteiger partial charge in [-0.3, -0.25) is 0 Å². The molecule has 2 unspecified atom stereocenters. The van der Waals surface area contributed by atoms with E-state index in [2.05, 4.69) is 16.0 Å². The Morgan fingerprint density at radius 2 is 1.97 bits per heavy atom. The Morgan fingerprint density at radius 3 is 2.63 bits per heavy atom. The Balaban J connectivity index is 1.59. The van der Waals surface area contributed by atoms with Crippen LogP contribution in [0.3, 0.4) is 0 Å². The second-order valence-electron chi connectivity index (χ2n) is 7.43. The van der Waals surface area contributed by atoms with Crippen molar-refractivity contribution in [1.82, 2.24) is 9.62 Å². The number of aryl methyl sites for hydroxylation is 1. The van der Waals surface area contributed by atoms with E-state index in [-0.39, 0.29) is 27.7 Å². The summed E-state index contributed by atoms with van der Waals surface area (Å²) in [5.74, 6) is -0.572. The molecule has 2 fully saturated rings. The van der Waals surface area contributed by atoms with Crippen molar-refractivity contribution in [3.63, 3.8) is 0 Å². The van der Waals surface area contributed by atoms with E-state index in [0.717, 1.165) is 18.4 Å². The summed E-state index contributed by atoms with van der Waals surface area (Å²) in [6.45, 7) is 2.87. The van der Waals surface area contributed by atoms with Gasteiger partial charge < -0.3 is 21.1 Å². The van der Waals surface area contributed by atoms with Gasteiger partial charge in [-0.1, -0.05) is 36.7 Å². The number of amides is 2. The highest BCUT2D eigenvalue weighted by Crippen LogP contribution is 2.41. The van der Waals surface area contributed by atoms with Crippen molar-refractivity contribution < 1.29 is 18.3 Å². The van der Waals surface area contributed by atoms with E-state index in [1.54, 1.807) is 12.1 Å². The van der Waals surface area contributed by atoms with E-state index in [1.807, 2.05) is 19.1 Å². The molecule has 10 heteroatoms. The monoisotopic (exact) mass is 450 g/mol. The minimum absolute atomic E-state index is 0.0352. The van der Waals surface area contributed by atoms with Crippen molar-refractivity contribution in [2.45, 2.75) is 36.7 Å². The molecule has 0 aromatic heterocycles. The Bertz CT molecular complexity index is 1090. The van der Waals surface area contributed by atoms with E-state index in [0.29, 0.717) is 18.8 Å². The third-order valence-corrected chi connectivity index (χ3v) is 7.97. The van der Waals surface area contributed by atoms with Crippen LogP contribution in [0.1, 0.15) is 18.9 Å². The van der Waals surface area contributed by atoms with Crippen LogP contribution in [0.4, 0.5) is 16.2 Å². The number of para-hydroxylation sites is 1. The normalized spacial score (nSPS) is 21.0. The molecular weight excluding hydrogens is 428 g/mol. The maximum absolute atomic E-state index is 13.2. The van der Waals surface area contributed by atoms with Crippen molar-refractivity contribution in [3.05, 3.63) is 47.0 Å². The maximum atomic E-state index is 13.2. The fourth-order valence-electron chi connectivity index (χ4n) is 4.05. The highest BCUT2D eigenvalue weighted by molar-refractivity contribution is 7.89. The van der Waals surface area contributed by atoms with Crippen LogP contribution in [0, 0.1) is 0 Å². The van der Waals surface area contributed by atoms with Crippen molar-refractivity contribution in [3.8, 4) is 5.75 Å². The standard InChI is InChI=1S/C20H23ClN4O4S/c1-2-12-5-3-4-6-16(12)23-20(27)24-17-8-7-15(21)19(18(17)26)30(28,29)25-11-13-9-14(25)10-22-13/h3-8,13-14,22,26H,2,9-11H2,1H3,(H2,23,24,27). The molecule has 0 aliphatic carbocycles. The fourth-order valence-corrected chi connectivity index (χ4v) is 6.33. The van der Waals surface area contributed by atoms with Crippen LogP contribution in [-0.4, -0.2) is 49.0 Å². The molecule has 2 heterocycles. The SMILES string of the molecule is CCc1ccccc1NC(=O)Nc1ccc(Cl)c(S(=O)(=O)N2CC3CC2CN3)c1O. The lowest BCUT2D eigenvalue weighted by molar-refractivity contribution is 0.262. The summed E-state index contributed by atoms with van der Waals surface area (Å²) in [6.07, 6.45) is 1.46. The van der Waals surface area contributed by atoms with Crippen LogP contribution in [0.2, 0.25) is 5.02 Å². The van der Waals surface area contributed by atoms with Crippen molar-refractivity contribution in [2.75, 3.05) is 23.7 Å². The molecule has 30 heavy (non-hydrogen) atoms. The Kier molecular flexibility index (Phi) is 5.63. The first-order chi connectivity index (χ1) is 14.3. The highest BCUT2D eigenvalue weighted by Gasteiger charge is 2.45. The Morgan fingerprint density at radius 1 is 1.23 bits per heavy atom. The lowest BCUT2D eigenvalue weighted by Crippen LogP contribution is -2.46. The number of fused-ring (bicyclic) bond motifs is 2. The zero-order valence-electron chi connectivity index (χ0n) is 16.4. The molecule has 4 rings (SSSR count). The van der Waals surface area contributed by atoms with Crippen molar-refractivity contribution in [1.29, 1.82) is 0 Å². The number of anilines is 2. The number of urea groups is 1. The van der Waals surface area contributed by atoms with Crippen LogP contribution in [0.25, 0.3) is 0 Å². The second kappa shape index (κ2) is 8.07. The Hall–Kier alpha value is -2.33. The molecular formula is C20H23ClN4O4S. The zero-order valence-corrected chi connectivity index (χ0v) is 17.9. The summed E-state index contributed by atoms with van der Waals surface area (Å²) in [5.41, 5.74) is 1.56. The lowest BCUT2D eigenvalue weighted by atomic mass is 10.1. The van der Waals surface area contributed by atoms with Gasteiger partial charge in [0.1, 0.15) is 4.90 Å². The van der Waals surface area contributed by atoms with Gasteiger partial charge in [0.25, 0.3) is 0 Å².